The number of hydrogen-bond acceptors (Lipinski definition) is 2. The fourth-order valence-electron chi connectivity index (χ4n) is 1.96. The van der Waals surface area contributed by atoms with Crippen LogP contribution in [0.1, 0.15) is 26.7 Å². The van der Waals surface area contributed by atoms with E-state index in [4.69, 9.17) is 4.74 Å². The van der Waals surface area contributed by atoms with Crippen LogP contribution in [0.2, 0.25) is 0 Å². The van der Waals surface area contributed by atoms with Crippen LogP contribution in [0, 0.1) is 0 Å². The van der Waals surface area contributed by atoms with E-state index in [2.05, 4.69) is 34.7 Å². The molecule has 1 aliphatic rings. The molecule has 1 heterocycles. The van der Waals surface area contributed by atoms with Gasteiger partial charge < -0.3 is 4.74 Å². The number of nitrogens with zero attached hydrogens (tertiary/aromatic N) is 1. The first-order chi connectivity index (χ1) is 6.29. The molecule has 0 aromatic carbocycles. The van der Waals surface area contributed by atoms with Crippen molar-refractivity contribution in [2.45, 2.75) is 38.8 Å². The Bertz CT molecular complexity index is 143. The zero-order chi connectivity index (χ0) is 9.68. The zero-order valence-corrected chi connectivity index (χ0v) is 10.2. The minimum atomic E-state index is 0.579. The molecule has 0 amide bonds. The number of halogens is 1. The molecule has 2 unspecified atom stereocenters. The monoisotopic (exact) mass is 249 g/mol. The van der Waals surface area contributed by atoms with Gasteiger partial charge in [0.1, 0.15) is 0 Å². The van der Waals surface area contributed by atoms with E-state index >= 15 is 0 Å². The highest BCUT2D eigenvalue weighted by atomic mass is 79.9. The second-order valence-corrected chi connectivity index (χ2v) is 4.41. The van der Waals surface area contributed by atoms with Gasteiger partial charge in [0.25, 0.3) is 0 Å². The van der Waals surface area contributed by atoms with E-state index in [0.29, 0.717) is 12.1 Å². The fourth-order valence-corrected chi connectivity index (χ4v) is 2.52. The highest BCUT2D eigenvalue weighted by Crippen LogP contribution is 2.15. The summed E-state index contributed by atoms with van der Waals surface area (Å²) in [5.74, 6) is 0. The molecule has 1 fully saturated rings. The summed E-state index contributed by atoms with van der Waals surface area (Å²) in [6.07, 6.45) is 2.57. The van der Waals surface area contributed by atoms with E-state index in [1.807, 2.05) is 0 Å². The van der Waals surface area contributed by atoms with Gasteiger partial charge in [-0.05, 0) is 13.3 Å². The third-order valence-corrected chi connectivity index (χ3v) is 3.47. The van der Waals surface area contributed by atoms with Gasteiger partial charge in [0, 0.05) is 24.0 Å². The molecule has 78 valence electrons. The summed E-state index contributed by atoms with van der Waals surface area (Å²) >= 11 is 3.55. The lowest BCUT2D eigenvalue weighted by Crippen LogP contribution is -2.50. The Morgan fingerprint density at radius 2 is 2.38 bits per heavy atom. The van der Waals surface area contributed by atoms with Crippen LogP contribution in [0.5, 0.6) is 0 Å². The van der Waals surface area contributed by atoms with Gasteiger partial charge in [-0.1, -0.05) is 29.3 Å². The van der Waals surface area contributed by atoms with Crippen molar-refractivity contribution in [3.63, 3.8) is 0 Å². The molecule has 0 N–H and O–H groups in total. The molecule has 0 saturated carbocycles. The summed E-state index contributed by atoms with van der Waals surface area (Å²) in [4.78, 5) is 2.57. The number of rotatable bonds is 4. The molecular formula is C10H20BrNO. The Morgan fingerprint density at radius 1 is 1.62 bits per heavy atom. The Hall–Kier alpha value is 0.400. The maximum absolute atomic E-state index is 5.46. The van der Waals surface area contributed by atoms with Gasteiger partial charge >= 0.3 is 0 Å². The van der Waals surface area contributed by atoms with Crippen molar-refractivity contribution < 1.29 is 4.74 Å². The molecule has 1 saturated heterocycles. The lowest BCUT2D eigenvalue weighted by atomic mass is 10.1. The van der Waals surface area contributed by atoms with Crippen molar-refractivity contribution in [3.05, 3.63) is 0 Å². The van der Waals surface area contributed by atoms with E-state index in [1.54, 1.807) is 0 Å². The average Bonchev–Trinajstić information content (AvgIpc) is 2.18. The van der Waals surface area contributed by atoms with Crippen LogP contribution in [-0.4, -0.2) is 42.1 Å². The maximum atomic E-state index is 5.46. The molecule has 0 aromatic rings. The van der Waals surface area contributed by atoms with Gasteiger partial charge in [-0.25, -0.2) is 0 Å². The Kier molecular flexibility index (Phi) is 5.29. The Balaban J connectivity index is 2.43. The lowest BCUT2D eigenvalue weighted by molar-refractivity contribution is -0.0177. The summed E-state index contributed by atoms with van der Waals surface area (Å²) in [6.45, 7) is 7.46. The summed E-state index contributed by atoms with van der Waals surface area (Å²) < 4.78 is 5.46. The fraction of sp³-hybridized carbons (Fsp3) is 1.00. The van der Waals surface area contributed by atoms with Crippen molar-refractivity contribution in [2.24, 2.45) is 0 Å². The highest BCUT2D eigenvalue weighted by Gasteiger charge is 2.25. The molecule has 0 aliphatic carbocycles. The van der Waals surface area contributed by atoms with Crippen LogP contribution in [0.3, 0.4) is 0 Å². The number of morpholine rings is 1. The molecule has 0 spiro atoms. The van der Waals surface area contributed by atoms with E-state index in [1.165, 1.54) is 12.8 Å². The Labute approximate surface area is 89.8 Å². The highest BCUT2D eigenvalue weighted by molar-refractivity contribution is 9.09. The number of ether oxygens (including phenoxy) is 1. The minimum absolute atomic E-state index is 0.579. The molecule has 3 heteroatoms. The predicted molar refractivity (Wildman–Crippen MR) is 59.5 cm³/mol. The van der Waals surface area contributed by atoms with Gasteiger partial charge in [0.05, 0.1) is 13.2 Å². The van der Waals surface area contributed by atoms with Crippen LogP contribution in [0.25, 0.3) is 0 Å². The number of alkyl halides is 1. The molecule has 1 rings (SSSR count). The van der Waals surface area contributed by atoms with Crippen LogP contribution >= 0.6 is 15.9 Å². The predicted octanol–water partition coefficient (Wildman–Crippen LogP) is 2.27. The standard InChI is InChI=1S/C10H20BrNO/c1-3-4-9(2)12-5-6-13-8-10(12)7-11/h9-10H,3-8H2,1-2H3. The third kappa shape index (κ3) is 3.22. The second-order valence-electron chi connectivity index (χ2n) is 3.76. The first kappa shape index (κ1) is 11.5. The maximum Gasteiger partial charge on any atom is 0.0630 e. The summed E-state index contributed by atoms with van der Waals surface area (Å²) in [6, 6.07) is 1.28. The van der Waals surface area contributed by atoms with Gasteiger partial charge in [-0.3, -0.25) is 4.90 Å². The zero-order valence-electron chi connectivity index (χ0n) is 8.63. The van der Waals surface area contributed by atoms with Gasteiger partial charge in [-0.2, -0.15) is 0 Å². The summed E-state index contributed by atoms with van der Waals surface area (Å²) in [7, 11) is 0. The Morgan fingerprint density at radius 3 is 3.00 bits per heavy atom. The van der Waals surface area contributed by atoms with Crippen molar-refractivity contribution in [3.8, 4) is 0 Å². The SMILES string of the molecule is CCCC(C)N1CCOCC1CBr. The van der Waals surface area contributed by atoms with Crippen molar-refractivity contribution in [2.75, 3.05) is 25.1 Å². The van der Waals surface area contributed by atoms with Crippen LogP contribution in [0.4, 0.5) is 0 Å². The van der Waals surface area contributed by atoms with E-state index < -0.39 is 0 Å². The van der Waals surface area contributed by atoms with Gasteiger partial charge in [0.15, 0.2) is 0 Å². The topological polar surface area (TPSA) is 12.5 Å². The van der Waals surface area contributed by atoms with Crippen LogP contribution < -0.4 is 0 Å². The van der Waals surface area contributed by atoms with Crippen molar-refractivity contribution in [1.29, 1.82) is 0 Å². The average molecular weight is 250 g/mol. The van der Waals surface area contributed by atoms with Crippen LogP contribution in [-0.2, 0) is 4.74 Å². The normalized spacial score (nSPS) is 27.5. The van der Waals surface area contributed by atoms with Gasteiger partial charge in [0.2, 0.25) is 0 Å². The number of hydrogen-bond donors (Lipinski definition) is 0. The molecule has 1 aliphatic heterocycles. The molecule has 0 aromatic heterocycles. The van der Waals surface area contributed by atoms with Crippen molar-refractivity contribution >= 4 is 15.9 Å². The van der Waals surface area contributed by atoms with Crippen molar-refractivity contribution in [1.82, 2.24) is 4.90 Å². The summed E-state index contributed by atoms with van der Waals surface area (Å²) in [5.41, 5.74) is 0. The molecule has 2 atom stereocenters. The van der Waals surface area contributed by atoms with E-state index in [-0.39, 0.29) is 0 Å². The third-order valence-electron chi connectivity index (χ3n) is 2.72. The molecule has 0 radical (unpaired) electrons. The lowest BCUT2D eigenvalue weighted by Gasteiger charge is -2.38. The minimum Gasteiger partial charge on any atom is -0.378 e. The quantitative estimate of drug-likeness (QED) is 0.710. The first-order valence-electron chi connectivity index (χ1n) is 5.19. The molecule has 2 nitrogen and oxygen atoms in total. The van der Waals surface area contributed by atoms with Gasteiger partial charge in [-0.15, -0.1) is 0 Å². The largest absolute Gasteiger partial charge is 0.378 e. The smallest absolute Gasteiger partial charge is 0.0630 e. The molecular weight excluding hydrogens is 230 g/mol. The van der Waals surface area contributed by atoms with E-state index in [0.717, 1.165) is 25.1 Å². The first-order valence-corrected chi connectivity index (χ1v) is 6.31. The molecule has 13 heavy (non-hydrogen) atoms. The summed E-state index contributed by atoms with van der Waals surface area (Å²) in [5, 5.41) is 1.03. The van der Waals surface area contributed by atoms with E-state index in [9.17, 15) is 0 Å². The molecule has 0 bridgehead atoms. The second kappa shape index (κ2) is 5.99. The van der Waals surface area contributed by atoms with Crippen LogP contribution in [0.15, 0.2) is 0 Å².